The highest BCUT2D eigenvalue weighted by molar-refractivity contribution is 8.45. The number of carbonyl (C=O) groups excluding carboxylic acids is 2. The van der Waals surface area contributed by atoms with Crippen molar-refractivity contribution in [1.29, 1.82) is 5.26 Å². The summed E-state index contributed by atoms with van der Waals surface area (Å²) < 4.78 is 79.3. The van der Waals surface area contributed by atoms with Gasteiger partial charge in [0.2, 0.25) is 0 Å². The lowest BCUT2D eigenvalue weighted by atomic mass is 9.95. The first-order valence-electron chi connectivity index (χ1n) is 12.9. The molecule has 0 radical (unpaired) electrons. The van der Waals surface area contributed by atoms with Crippen molar-refractivity contribution in [3.8, 4) is 11.8 Å². The fourth-order valence-electron chi connectivity index (χ4n) is 4.22. The number of nitrogens with zero attached hydrogens (tertiary/aromatic N) is 4. The maximum absolute atomic E-state index is 13.6. The first-order chi connectivity index (χ1) is 20.1. The number of amides is 1. The van der Waals surface area contributed by atoms with Gasteiger partial charge in [-0.25, -0.2) is 9.48 Å². The molecule has 1 fully saturated rings. The summed E-state index contributed by atoms with van der Waals surface area (Å²) in [5.41, 5.74) is -1.96. The number of aromatic nitrogens is 3. The Labute approximate surface area is 260 Å². The molecule has 1 N–H and O–H groups in total. The van der Waals surface area contributed by atoms with Crippen LogP contribution in [0.15, 0.2) is 41.6 Å². The number of carbonyl (C=O) groups is 2. The summed E-state index contributed by atoms with van der Waals surface area (Å²) in [6.07, 6.45) is 2.20. The second-order valence-electron chi connectivity index (χ2n) is 11.4. The Bertz CT molecular complexity index is 1650. The molecule has 4 rings (SSSR count). The topological polar surface area (TPSA) is 119 Å². The van der Waals surface area contributed by atoms with Crippen molar-refractivity contribution in [3.05, 3.63) is 63.5 Å². The quantitative estimate of drug-likeness (QED) is 0.128. The Morgan fingerprint density at radius 1 is 1.09 bits per heavy atom. The molecular weight excluding hydrogens is 672 g/mol. The van der Waals surface area contributed by atoms with E-state index in [1.807, 2.05) is 6.07 Å². The van der Waals surface area contributed by atoms with E-state index in [1.54, 1.807) is 12.1 Å². The van der Waals surface area contributed by atoms with Crippen LogP contribution in [0.1, 0.15) is 29.7 Å². The minimum absolute atomic E-state index is 0.0270. The summed E-state index contributed by atoms with van der Waals surface area (Å²) in [5.74, 6) is -1.08. The molecule has 0 atom stereocenters. The summed E-state index contributed by atoms with van der Waals surface area (Å²) in [7, 11) is -11.8. The molecular formula is C26H26Cl2F5N5O4SSi. The van der Waals surface area contributed by atoms with Crippen molar-refractivity contribution >= 4 is 59.4 Å². The zero-order valence-corrected chi connectivity index (χ0v) is 26.8. The molecule has 1 amide bonds. The van der Waals surface area contributed by atoms with Crippen LogP contribution < -0.4 is 5.32 Å². The number of esters is 1. The number of hydrogen-bond donors (Lipinski definition) is 1. The molecule has 0 bridgehead atoms. The number of nitriles is 1. The van der Waals surface area contributed by atoms with Crippen LogP contribution >= 0.6 is 33.4 Å². The van der Waals surface area contributed by atoms with Crippen molar-refractivity contribution < 1.29 is 38.5 Å². The number of benzene rings is 1. The number of hydrogen-bond acceptors (Lipinski definition) is 7. The van der Waals surface area contributed by atoms with Crippen molar-refractivity contribution in [1.82, 2.24) is 14.8 Å². The van der Waals surface area contributed by atoms with Crippen LogP contribution in [0.3, 0.4) is 0 Å². The summed E-state index contributed by atoms with van der Waals surface area (Å²) >= 11 is 12.2. The monoisotopic (exact) mass is 697 g/mol. The first kappa shape index (κ1) is 33.5. The number of anilines is 1. The van der Waals surface area contributed by atoms with E-state index in [9.17, 15) is 34.3 Å². The Hall–Kier alpha value is -3.39. The van der Waals surface area contributed by atoms with Gasteiger partial charge in [-0.3, -0.25) is 15.1 Å². The third-order valence-corrected chi connectivity index (χ3v) is 10.1. The molecule has 1 saturated carbocycles. The van der Waals surface area contributed by atoms with Gasteiger partial charge in [0.15, 0.2) is 5.69 Å². The molecule has 0 spiro atoms. The van der Waals surface area contributed by atoms with Gasteiger partial charge in [-0.05, 0) is 48.7 Å². The number of halogens is 7. The number of nitrogens with one attached hydrogen (secondary N) is 1. The Morgan fingerprint density at radius 3 is 2.18 bits per heavy atom. The number of ether oxygens (including phenoxy) is 2. The highest BCUT2D eigenvalue weighted by Gasteiger charge is 2.66. The molecule has 238 valence electrons. The molecule has 0 unspecified atom stereocenters. The minimum Gasteiger partial charge on any atom is -0.465 e. The summed E-state index contributed by atoms with van der Waals surface area (Å²) in [5, 5.41) is 14.6. The van der Waals surface area contributed by atoms with Gasteiger partial charge in [-0.15, -0.1) is 0 Å². The molecule has 0 saturated heterocycles. The van der Waals surface area contributed by atoms with Crippen molar-refractivity contribution in [2.45, 2.75) is 55.4 Å². The molecule has 0 aliphatic heterocycles. The molecule has 2 heterocycles. The maximum Gasteiger partial charge on any atom is 0.413 e. The molecule has 18 heteroatoms. The normalized spacial score (nSPS) is 15.8. The predicted molar refractivity (Wildman–Crippen MR) is 158 cm³/mol. The third kappa shape index (κ3) is 7.45. The van der Waals surface area contributed by atoms with Gasteiger partial charge in [0.25, 0.3) is 0 Å². The maximum atomic E-state index is 13.6. The van der Waals surface area contributed by atoms with Gasteiger partial charge >= 0.3 is 22.3 Å². The van der Waals surface area contributed by atoms with E-state index in [2.05, 4.69) is 35.0 Å². The lowest BCUT2D eigenvalue weighted by Gasteiger charge is -2.40. The molecule has 1 aromatic carbocycles. The molecule has 1 aliphatic rings. The summed E-state index contributed by atoms with van der Waals surface area (Å²) in [6, 6.07) is 5.56. The smallest absolute Gasteiger partial charge is 0.413 e. The van der Waals surface area contributed by atoms with E-state index >= 15 is 0 Å². The van der Waals surface area contributed by atoms with Gasteiger partial charge in [-0.1, -0.05) is 62.3 Å². The lowest BCUT2D eigenvalue weighted by molar-refractivity contribution is -0.146. The molecule has 3 aromatic rings. The zero-order chi connectivity index (χ0) is 32.8. The van der Waals surface area contributed by atoms with Gasteiger partial charge in [-0.2, -0.15) is 10.4 Å². The zero-order valence-electron chi connectivity index (χ0n) is 23.5. The van der Waals surface area contributed by atoms with E-state index < -0.39 is 62.1 Å². The van der Waals surface area contributed by atoms with E-state index in [0.29, 0.717) is 11.6 Å². The molecule has 44 heavy (non-hydrogen) atoms. The summed E-state index contributed by atoms with van der Waals surface area (Å²) in [6.45, 7) is 6.13. The number of pyridine rings is 1. The van der Waals surface area contributed by atoms with Gasteiger partial charge in [0.05, 0.1) is 27.6 Å². The Kier molecular flexibility index (Phi) is 8.30. The van der Waals surface area contributed by atoms with Crippen molar-refractivity contribution in [2.75, 3.05) is 11.9 Å². The van der Waals surface area contributed by atoms with Gasteiger partial charge in [0.1, 0.15) is 29.1 Å². The van der Waals surface area contributed by atoms with Crippen LogP contribution in [0.25, 0.3) is 5.69 Å². The number of rotatable bonds is 10. The van der Waals surface area contributed by atoms with Crippen LogP contribution in [0.2, 0.25) is 35.7 Å². The van der Waals surface area contributed by atoms with Crippen molar-refractivity contribution in [3.63, 3.8) is 0 Å². The molecule has 1 aliphatic carbocycles. The Morgan fingerprint density at radius 2 is 1.68 bits per heavy atom. The second-order valence-corrected chi connectivity index (χ2v) is 20.2. The van der Waals surface area contributed by atoms with Crippen LogP contribution in [0.5, 0.6) is 0 Å². The average Bonchev–Trinajstić information content (AvgIpc) is 3.62. The standard InChI is InChI=1S/C26H26Cl2F5N5O4SSi/c1-44(2,3)11-10-41-24(39)26(6-7-26)21-20(14-34)37-38(23(21)36-25(40)42-15-16-4-8-35-9-5-16)22-18(27)12-17(13-19(22)28)43(29,30,31,32)33/h4-5,8-9,12-13H,6-7,10-11,15H2,1-3H3,(H,36,40). The molecule has 9 nitrogen and oxygen atoms in total. The average molecular weight is 699 g/mol. The van der Waals surface area contributed by atoms with Crippen LogP contribution in [0.4, 0.5) is 30.0 Å². The van der Waals surface area contributed by atoms with Gasteiger partial charge in [0, 0.05) is 20.5 Å². The fourth-order valence-corrected chi connectivity index (χ4v) is 6.40. The lowest BCUT2D eigenvalue weighted by Crippen LogP contribution is -2.29. The Balaban J connectivity index is 1.82. The van der Waals surface area contributed by atoms with Crippen LogP contribution in [0, 0.1) is 11.3 Å². The highest BCUT2D eigenvalue weighted by Crippen LogP contribution is 3.02. The summed E-state index contributed by atoms with van der Waals surface area (Å²) in [4.78, 5) is 27.8. The van der Waals surface area contributed by atoms with Crippen LogP contribution in [-0.4, -0.2) is 41.5 Å². The van der Waals surface area contributed by atoms with E-state index in [4.69, 9.17) is 32.7 Å². The minimum atomic E-state index is -10.2. The van der Waals surface area contributed by atoms with E-state index in [1.165, 1.54) is 12.4 Å². The highest BCUT2D eigenvalue weighted by atomic mass is 35.5. The van der Waals surface area contributed by atoms with Crippen molar-refractivity contribution in [2.24, 2.45) is 0 Å². The fraction of sp³-hybridized carbons (Fsp3) is 0.346. The SMILES string of the molecule is C[Si](C)(C)CCOC(=O)C1(c2c(C#N)nn(-c3c(Cl)cc(S(F)(F)(F)(F)F)cc3Cl)c2NC(=O)OCc2ccncc2)CC1. The molecule has 2 aromatic heterocycles. The van der Waals surface area contributed by atoms with E-state index in [-0.39, 0.29) is 49.6 Å². The van der Waals surface area contributed by atoms with Crippen LogP contribution in [-0.2, 0) is 26.3 Å². The first-order valence-corrected chi connectivity index (χ1v) is 19.3. The largest absolute Gasteiger partial charge is 0.465 e. The predicted octanol–water partition coefficient (Wildman–Crippen LogP) is 8.76. The second kappa shape index (κ2) is 10.9. The van der Waals surface area contributed by atoms with Gasteiger partial charge < -0.3 is 9.47 Å². The van der Waals surface area contributed by atoms with E-state index in [0.717, 1.165) is 4.68 Å². The third-order valence-electron chi connectivity index (χ3n) is 6.68.